The number of hydrogen-bond acceptors (Lipinski definition) is 6. The maximum atomic E-state index is 11.4. The van der Waals surface area contributed by atoms with E-state index in [1.807, 2.05) is 0 Å². The molecule has 0 rings (SSSR count). The van der Waals surface area contributed by atoms with E-state index in [9.17, 15) is 14.6 Å². The van der Waals surface area contributed by atoms with Crippen LogP contribution in [0.5, 0.6) is 0 Å². The highest BCUT2D eigenvalue weighted by Crippen LogP contribution is 2.42. The molecule has 2 atom stereocenters. The molecule has 0 aromatic rings. The molecular weight excluding hydrogens is 417 g/mol. The standard InChI is InChI=1S/C23H44NO6P/c1-2-3-4-5-6-7-8-9-10-11-12-13-14-15-16-17-19-28-21-23(25)22-30-31(26,27)29-20-18-24/h3-4,6-7,9-10,23,25H,2,5,8,11-22,24H2,1H3,(H,26,27)/b4-3-,7-6-,10-9-. The average Bonchev–Trinajstić information content (AvgIpc) is 2.75. The van der Waals surface area contributed by atoms with Crippen molar-refractivity contribution in [2.24, 2.45) is 5.73 Å². The third kappa shape index (κ3) is 23.7. The fourth-order valence-electron chi connectivity index (χ4n) is 2.65. The van der Waals surface area contributed by atoms with Gasteiger partial charge in [-0.1, -0.05) is 69.1 Å². The lowest BCUT2D eigenvalue weighted by molar-refractivity contribution is 0.00230. The Hall–Kier alpha value is -0.790. The van der Waals surface area contributed by atoms with E-state index in [2.05, 4.69) is 52.4 Å². The second kappa shape index (κ2) is 22.4. The van der Waals surface area contributed by atoms with Gasteiger partial charge in [-0.15, -0.1) is 0 Å². The molecule has 0 fully saturated rings. The van der Waals surface area contributed by atoms with Crippen LogP contribution in [-0.4, -0.2) is 49.1 Å². The van der Waals surface area contributed by atoms with Gasteiger partial charge < -0.3 is 20.5 Å². The van der Waals surface area contributed by atoms with Crippen LogP contribution in [0.1, 0.15) is 71.1 Å². The van der Waals surface area contributed by atoms with E-state index in [-0.39, 0.29) is 26.4 Å². The summed E-state index contributed by atoms with van der Waals surface area (Å²) >= 11 is 0. The van der Waals surface area contributed by atoms with Gasteiger partial charge in [-0.25, -0.2) is 4.57 Å². The van der Waals surface area contributed by atoms with Crippen LogP contribution in [0.3, 0.4) is 0 Å². The third-order valence-electron chi connectivity index (χ3n) is 4.30. The Kier molecular flexibility index (Phi) is 21.8. The Balaban J connectivity index is 3.40. The lowest BCUT2D eigenvalue weighted by Crippen LogP contribution is -2.22. The summed E-state index contributed by atoms with van der Waals surface area (Å²) in [6, 6.07) is 0. The summed E-state index contributed by atoms with van der Waals surface area (Å²) in [6.07, 6.45) is 23.6. The number of aliphatic hydroxyl groups excluding tert-OH is 1. The topological polar surface area (TPSA) is 111 Å². The van der Waals surface area contributed by atoms with Crippen molar-refractivity contribution >= 4 is 7.82 Å². The van der Waals surface area contributed by atoms with Crippen LogP contribution in [0.2, 0.25) is 0 Å². The predicted octanol–water partition coefficient (Wildman–Crippen LogP) is 5.05. The largest absolute Gasteiger partial charge is 0.472 e. The van der Waals surface area contributed by atoms with Crippen molar-refractivity contribution in [3.05, 3.63) is 36.5 Å². The first-order chi connectivity index (χ1) is 15.0. The van der Waals surface area contributed by atoms with Crippen molar-refractivity contribution in [1.29, 1.82) is 0 Å². The Morgan fingerprint density at radius 3 is 2.13 bits per heavy atom. The number of hydrogen-bond donors (Lipinski definition) is 3. The molecular formula is C23H44NO6P. The minimum atomic E-state index is -4.15. The number of aliphatic hydroxyl groups is 1. The summed E-state index contributed by atoms with van der Waals surface area (Å²) < 4.78 is 26.0. The number of unbranched alkanes of at least 4 members (excludes halogenated alkanes) is 6. The number of phosphoric ester groups is 1. The first kappa shape index (κ1) is 30.2. The smallest absolute Gasteiger partial charge is 0.388 e. The van der Waals surface area contributed by atoms with Gasteiger partial charge in [0.25, 0.3) is 0 Å². The third-order valence-corrected chi connectivity index (χ3v) is 5.29. The predicted molar refractivity (Wildman–Crippen MR) is 127 cm³/mol. The second-order valence-electron chi connectivity index (χ2n) is 7.32. The maximum absolute atomic E-state index is 11.4. The van der Waals surface area contributed by atoms with E-state index in [0.29, 0.717) is 6.61 Å². The van der Waals surface area contributed by atoms with E-state index >= 15 is 0 Å². The molecule has 4 N–H and O–H groups in total. The van der Waals surface area contributed by atoms with E-state index in [1.54, 1.807) is 0 Å². The first-order valence-corrected chi connectivity index (χ1v) is 13.0. The monoisotopic (exact) mass is 461 g/mol. The molecule has 7 nitrogen and oxygen atoms in total. The summed E-state index contributed by atoms with van der Waals surface area (Å²) in [5, 5.41) is 9.70. The number of phosphoric acid groups is 1. The zero-order valence-electron chi connectivity index (χ0n) is 19.2. The molecule has 0 aromatic carbocycles. The van der Waals surface area contributed by atoms with Gasteiger partial charge in [-0.2, -0.15) is 0 Å². The molecule has 0 radical (unpaired) electrons. The minimum absolute atomic E-state index is 0.0633. The molecule has 0 amide bonds. The number of rotatable bonds is 22. The van der Waals surface area contributed by atoms with Gasteiger partial charge in [0.05, 0.1) is 19.8 Å². The fraction of sp³-hybridized carbons (Fsp3) is 0.739. The van der Waals surface area contributed by atoms with Gasteiger partial charge in [-0.05, 0) is 38.5 Å². The van der Waals surface area contributed by atoms with Crippen LogP contribution in [0.4, 0.5) is 0 Å². The minimum Gasteiger partial charge on any atom is -0.388 e. The number of allylic oxidation sites excluding steroid dienone is 6. The normalized spacial score (nSPS) is 15.4. The Labute approximate surface area is 189 Å². The van der Waals surface area contributed by atoms with Gasteiger partial charge in [0.2, 0.25) is 0 Å². The Morgan fingerprint density at radius 2 is 1.45 bits per heavy atom. The molecule has 0 heterocycles. The maximum Gasteiger partial charge on any atom is 0.472 e. The second-order valence-corrected chi connectivity index (χ2v) is 8.77. The van der Waals surface area contributed by atoms with E-state index in [0.717, 1.165) is 38.5 Å². The van der Waals surface area contributed by atoms with E-state index < -0.39 is 13.9 Å². The lowest BCUT2D eigenvalue weighted by atomic mass is 10.1. The molecule has 0 bridgehead atoms. The van der Waals surface area contributed by atoms with Gasteiger partial charge in [0, 0.05) is 13.2 Å². The summed E-state index contributed by atoms with van der Waals surface area (Å²) in [5.41, 5.74) is 5.18. The van der Waals surface area contributed by atoms with E-state index in [1.165, 1.54) is 25.7 Å². The summed E-state index contributed by atoms with van der Waals surface area (Å²) in [7, 11) is -4.15. The van der Waals surface area contributed by atoms with Crippen LogP contribution < -0.4 is 5.73 Å². The van der Waals surface area contributed by atoms with Crippen LogP contribution in [0, 0.1) is 0 Å². The van der Waals surface area contributed by atoms with E-state index in [4.69, 9.17) is 10.5 Å². The quantitative estimate of drug-likeness (QED) is 0.118. The molecule has 31 heavy (non-hydrogen) atoms. The summed E-state index contributed by atoms with van der Waals surface area (Å²) in [5.74, 6) is 0. The van der Waals surface area contributed by atoms with Gasteiger partial charge in [0.1, 0.15) is 6.10 Å². The molecule has 0 spiro atoms. The molecule has 0 aliphatic heterocycles. The fourth-order valence-corrected chi connectivity index (χ4v) is 3.42. The van der Waals surface area contributed by atoms with Crippen molar-refractivity contribution in [2.75, 3.05) is 33.0 Å². The highest BCUT2D eigenvalue weighted by Gasteiger charge is 2.22. The number of ether oxygens (including phenoxy) is 1. The molecule has 0 saturated carbocycles. The lowest BCUT2D eigenvalue weighted by Gasteiger charge is -2.15. The molecule has 8 heteroatoms. The van der Waals surface area contributed by atoms with Crippen molar-refractivity contribution in [3.8, 4) is 0 Å². The van der Waals surface area contributed by atoms with Crippen molar-refractivity contribution in [2.45, 2.75) is 77.2 Å². The van der Waals surface area contributed by atoms with Gasteiger partial charge >= 0.3 is 7.82 Å². The van der Waals surface area contributed by atoms with Gasteiger partial charge in [0.15, 0.2) is 0 Å². The zero-order valence-corrected chi connectivity index (χ0v) is 20.1. The highest BCUT2D eigenvalue weighted by atomic mass is 31.2. The molecule has 0 aromatic heterocycles. The number of nitrogens with two attached hydrogens (primary N) is 1. The van der Waals surface area contributed by atoms with Crippen molar-refractivity contribution < 1.29 is 28.3 Å². The Bertz CT molecular complexity index is 524. The molecule has 0 saturated heterocycles. The molecule has 182 valence electrons. The van der Waals surface area contributed by atoms with Crippen molar-refractivity contribution in [1.82, 2.24) is 0 Å². The van der Waals surface area contributed by atoms with Crippen LogP contribution >= 0.6 is 7.82 Å². The first-order valence-electron chi connectivity index (χ1n) is 11.5. The Morgan fingerprint density at radius 1 is 0.839 bits per heavy atom. The zero-order chi connectivity index (χ0) is 23.0. The van der Waals surface area contributed by atoms with Crippen molar-refractivity contribution in [3.63, 3.8) is 0 Å². The van der Waals surface area contributed by atoms with Gasteiger partial charge in [-0.3, -0.25) is 9.05 Å². The molecule has 2 unspecified atom stereocenters. The summed E-state index contributed by atoms with van der Waals surface area (Å²) in [4.78, 5) is 9.32. The molecule has 0 aliphatic carbocycles. The van der Waals surface area contributed by atoms with Crippen LogP contribution in [0.15, 0.2) is 36.5 Å². The van der Waals surface area contributed by atoms with Crippen LogP contribution in [0.25, 0.3) is 0 Å². The SMILES string of the molecule is CC/C=C\C/C=C\C/C=C\CCCCCCCCOCC(O)COP(=O)(O)OCCN. The summed E-state index contributed by atoms with van der Waals surface area (Å²) in [6.45, 7) is 2.49. The highest BCUT2D eigenvalue weighted by molar-refractivity contribution is 7.47. The van der Waals surface area contributed by atoms with Crippen LogP contribution in [-0.2, 0) is 18.3 Å². The molecule has 0 aliphatic rings. The average molecular weight is 462 g/mol.